The zero-order valence-electron chi connectivity index (χ0n) is 11.3. The Morgan fingerprint density at radius 1 is 1.25 bits per heavy atom. The van der Waals surface area contributed by atoms with E-state index in [1.807, 2.05) is 37.3 Å². The molecule has 0 spiro atoms. The summed E-state index contributed by atoms with van der Waals surface area (Å²) in [6.45, 7) is 1.93. The molecule has 4 heteroatoms. The van der Waals surface area contributed by atoms with Gasteiger partial charge in [-0.15, -0.1) is 0 Å². The number of hydrogen-bond acceptors (Lipinski definition) is 2. The molecule has 1 unspecified atom stereocenters. The van der Waals surface area contributed by atoms with Crippen molar-refractivity contribution in [2.24, 2.45) is 5.73 Å². The number of benzene rings is 2. The van der Waals surface area contributed by atoms with Crippen LogP contribution in [0.25, 0.3) is 0 Å². The van der Waals surface area contributed by atoms with E-state index in [-0.39, 0.29) is 24.2 Å². The van der Waals surface area contributed by atoms with Gasteiger partial charge in [0.05, 0.1) is 5.92 Å². The van der Waals surface area contributed by atoms with Crippen molar-refractivity contribution >= 4 is 11.6 Å². The van der Waals surface area contributed by atoms with E-state index in [1.165, 1.54) is 12.1 Å². The van der Waals surface area contributed by atoms with Gasteiger partial charge in [0.25, 0.3) is 0 Å². The van der Waals surface area contributed by atoms with Crippen LogP contribution >= 0.6 is 0 Å². The Labute approximate surface area is 117 Å². The van der Waals surface area contributed by atoms with Crippen LogP contribution in [0.15, 0.2) is 48.5 Å². The van der Waals surface area contributed by atoms with Gasteiger partial charge in [0.1, 0.15) is 5.82 Å². The molecule has 3 nitrogen and oxygen atoms in total. The normalized spacial score (nSPS) is 11.9. The predicted octanol–water partition coefficient (Wildman–Crippen LogP) is 3.03. The smallest absolute Gasteiger partial charge is 0.231 e. The van der Waals surface area contributed by atoms with Crippen molar-refractivity contribution in [3.63, 3.8) is 0 Å². The minimum Gasteiger partial charge on any atom is -0.326 e. The number of halogens is 1. The molecule has 0 aromatic heterocycles. The van der Waals surface area contributed by atoms with E-state index in [4.69, 9.17) is 5.73 Å². The molecule has 0 saturated heterocycles. The van der Waals surface area contributed by atoms with Crippen LogP contribution < -0.4 is 11.1 Å². The summed E-state index contributed by atoms with van der Waals surface area (Å²) in [6.07, 6.45) is 0. The lowest BCUT2D eigenvalue weighted by Gasteiger charge is -2.13. The number of hydrogen-bond donors (Lipinski definition) is 2. The summed E-state index contributed by atoms with van der Waals surface area (Å²) in [5, 5.41) is 2.78. The molecule has 0 radical (unpaired) electrons. The summed E-state index contributed by atoms with van der Waals surface area (Å²) < 4.78 is 13.3. The van der Waals surface area contributed by atoms with E-state index in [0.717, 1.165) is 5.56 Å². The monoisotopic (exact) mass is 272 g/mol. The molecule has 1 atom stereocenters. The molecule has 0 aliphatic heterocycles. The summed E-state index contributed by atoms with van der Waals surface area (Å²) in [7, 11) is 0. The Bertz CT molecular complexity index is 599. The zero-order chi connectivity index (χ0) is 14.5. The predicted molar refractivity (Wildman–Crippen MR) is 77.8 cm³/mol. The molecule has 0 bridgehead atoms. The second-order valence-electron chi connectivity index (χ2n) is 4.63. The maximum atomic E-state index is 13.3. The van der Waals surface area contributed by atoms with Crippen molar-refractivity contribution in [2.45, 2.75) is 19.4 Å². The SMILES string of the molecule is CC(C(=O)Nc1ccc(F)c(CN)c1)c1ccccc1. The van der Waals surface area contributed by atoms with Crippen LogP contribution in [0.1, 0.15) is 24.0 Å². The number of carbonyl (C=O) groups excluding carboxylic acids is 1. The fourth-order valence-corrected chi connectivity index (χ4v) is 1.95. The van der Waals surface area contributed by atoms with Crippen molar-refractivity contribution in [3.8, 4) is 0 Å². The quantitative estimate of drug-likeness (QED) is 0.898. The highest BCUT2D eigenvalue weighted by Crippen LogP contribution is 2.19. The summed E-state index contributed by atoms with van der Waals surface area (Å²) in [5.41, 5.74) is 7.32. The molecule has 2 rings (SSSR count). The molecular weight excluding hydrogens is 255 g/mol. The average Bonchev–Trinajstić information content (AvgIpc) is 2.49. The molecular formula is C16H17FN2O. The van der Waals surface area contributed by atoms with E-state index in [9.17, 15) is 9.18 Å². The second-order valence-corrected chi connectivity index (χ2v) is 4.63. The first kappa shape index (κ1) is 14.2. The van der Waals surface area contributed by atoms with Gasteiger partial charge in [0.2, 0.25) is 5.91 Å². The number of nitrogens with one attached hydrogen (secondary N) is 1. The van der Waals surface area contributed by atoms with Crippen molar-refractivity contribution in [1.29, 1.82) is 0 Å². The summed E-state index contributed by atoms with van der Waals surface area (Å²) in [4.78, 5) is 12.2. The average molecular weight is 272 g/mol. The first-order valence-corrected chi connectivity index (χ1v) is 6.46. The Hall–Kier alpha value is -2.20. The minimum atomic E-state index is -0.360. The van der Waals surface area contributed by atoms with Gasteiger partial charge in [-0.25, -0.2) is 4.39 Å². The van der Waals surface area contributed by atoms with E-state index >= 15 is 0 Å². The van der Waals surface area contributed by atoms with Gasteiger partial charge < -0.3 is 11.1 Å². The van der Waals surface area contributed by atoms with E-state index in [1.54, 1.807) is 6.07 Å². The highest BCUT2D eigenvalue weighted by molar-refractivity contribution is 5.95. The van der Waals surface area contributed by atoms with Crippen LogP contribution in [0.5, 0.6) is 0 Å². The van der Waals surface area contributed by atoms with Gasteiger partial charge >= 0.3 is 0 Å². The lowest BCUT2D eigenvalue weighted by Crippen LogP contribution is -2.19. The Morgan fingerprint density at radius 2 is 1.95 bits per heavy atom. The van der Waals surface area contributed by atoms with Crippen LogP contribution in [0, 0.1) is 5.82 Å². The Balaban J connectivity index is 2.12. The maximum absolute atomic E-state index is 13.3. The van der Waals surface area contributed by atoms with Gasteiger partial charge in [-0.05, 0) is 30.7 Å². The molecule has 0 fully saturated rings. The van der Waals surface area contributed by atoms with Crippen molar-refractivity contribution in [2.75, 3.05) is 5.32 Å². The van der Waals surface area contributed by atoms with Crippen molar-refractivity contribution in [3.05, 3.63) is 65.5 Å². The molecule has 1 amide bonds. The molecule has 104 valence electrons. The fourth-order valence-electron chi connectivity index (χ4n) is 1.95. The highest BCUT2D eigenvalue weighted by Gasteiger charge is 2.15. The number of rotatable bonds is 4. The Morgan fingerprint density at radius 3 is 2.60 bits per heavy atom. The second kappa shape index (κ2) is 6.30. The van der Waals surface area contributed by atoms with Gasteiger partial charge in [0.15, 0.2) is 0 Å². The largest absolute Gasteiger partial charge is 0.326 e. The number of amides is 1. The first-order valence-electron chi connectivity index (χ1n) is 6.46. The highest BCUT2D eigenvalue weighted by atomic mass is 19.1. The molecule has 2 aromatic rings. The molecule has 3 N–H and O–H groups in total. The lowest BCUT2D eigenvalue weighted by atomic mass is 10.0. The van der Waals surface area contributed by atoms with Crippen LogP contribution in [-0.4, -0.2) is 5.91 Å². The fraction of sp³-hybridized carbons (Fsp3) is 0.188. The van der Waals surface area contributed by atoms with Gasteiger partial charge in [-0.3, -0.25) is 4.79 Å². The lowest BCUT2D eigenvalue weighted by molar-refractivity contribution is -0.117. The molecule has 0 aliphatic carbocycles. The molecule has 0 saturated carbocycles. The standard InChI is InChI=1S/C16H17FN2O/c1-11(12-5-3-2-4-6-12)16(20)19-14-7-8-15(17)13(9-14)10-18/h2-9,11H,10,18H2,1H3,(H,19,20). The van der Waals surface area contributed by atoms with Crippen LogP contribution in [0.4, 0.5) is 10.1 Å². The molecule has 0 aliphatic rings. The number of nitrogens with two attached hydrogens (primary N) is 1. The number of carbonyl (C=O) groups is 1. The van der Waals surface area contributed by atoms with E-state index in [2.05, 4.69) is 5.32 Å². The third kappa shape index (κ3) is 3.22. The van der Waals surface area contributed by atoms with Gasteiger partial charge in [0, 0.05) is 17.8 Å². The topological polar surface area (TPSA) is 55.1 Å². The number of anilines is 1. The molecule has 0 heterocycles. The van der Waals surface area contributed by atoms with Crippen molar-refractivity contribution in [1.82, 2.24) is 0 Å². The Kier molecular flexibility index (Phi) is 4.48. The van der Waals surface area contributed by atoms with Crippen LogP contribution in [0.2, 0.25) is 0 Å². The van der Waals surface area contributed by atoms with Crippen LogP contribution in [0.3, 0.4) is 0 Å². The minimum absolute atomic E-state index is 0.101. The summed E-state index contributed by atoms with van der Waals surface area (Å²) in [6, 6.07) is 13.9. The van der Waals surface area contributed by atoms with E-state index < -0.39 is 0 Å². The van der Waals surface area contributed by atoms with Crippen molar-refractivity contribution < 1.29 is 9.18 Å². The van der Waals surface area contributed by atoms with E-state index in [0.29, 0.717) is 11.3 Å². The molecule has 20 heavy (non-hydrogen) atoms. The van der Waals surface area contributed by atoms with Gasteiger partial charge in [-0.2, -0.15) is 0 Å². The summed E-state index contributed by atoms with van der Waals surface area (Å²) >= 11 is 0. The zero-order valence-corrected chi connectivity index (χ0v) is 11.3. The maximum Gasteiger partial charge on any atom is 0.231 e. The summed E-state index contributed by atoms with van der Waals surface area (Å²) in [5.74, 6) is -0.769. The molecule has 2 aromatic carbocycles. The van der Waals surface area contributed by atoms with Crippen LogP contribution in [-0.2, 0) is 11.3 Å². The third-order valence-corrected chi connectivity index (χ3v) is 3.23. The van der Waals surface area contributed by atoms with Gasteiger partial charge in [-0.1, -0.05) is 30.3 Å². The first-order chi connectivity index (χ1) is 9.61. The third-order valence-electron chi connectivity index (χ3n) is 3.23.